The van der Waals surface area contributed by atoms with Crippen molar-refractivity contribution in [3.05, 3.63) is 12.3 Å². The summed E-state index contributed by atoms with van der Waals surface area (Å²) in [5, 5.41) is 6.83. The molecule has 0 atom stereocenters. The van der Waals surface area contributed by atoms with Crippen LogP contribution in [0.3, 0.4) is 0 Å². The first-order valence-electron chi connectivity index (χ1n) is 7.72. The summed E-state index contributed by atoms with van der Waals surface area (Å²) < 4.78 is 0. The van der Waals surface area contributed by atoms with Crippen LogP contribution < -0.4 is 10.6 Å². The van der Waals surface area contributed by atoms with Gasteiger partial charge < -0.3 is 10.6 Å². The summed E-state index contributed by atoms with van der Waals surface area (Å²) in [7, 11) is 0. The standard InChI is InChI=1S/C15H26N4/c1-2-3-7-11-16-14-10-12-17-15(19-14)18-13-8-5-4-6-9-13/h10,12-13H,2-9,11H2,1H3,(H2,16,17,18,19). The third-order valence-electron chi connectivity index (χ3n) is 3.68. The third-order valence-corrected chi connectivity index (χ3v) is 3.68. The molecule has 1 aliphatic carbocycles. The molecule has 0 aromatic carbocycles. The summed E-state index contributed by atoms with van der Waals surface area (Å²) in [6.45, 7) is 3.21. The number of nitrogens with one attached hydrogen (secondary N) is 2. The number of rotatable bonds is 7. The molecule has 1 aromatic heterocycles. The number of hydrogen-bond acceptors (Lipinski definition) is 4. The van der Waals surface area contributed by atoms with E-state index in [-0.39, 0.29) is 0 Å². The van der Waals surface area contributed by atoms with E-state index in [1.807, 2.05) is 12.3 Å². The predicted octanol–water partition coefficient (Wildman–Crippen LogP) is 3.82. The molecular formula is C15H26N4. The highest BCUT2D eigenvalue weighted by atomic mass is 15.1. The zero-order valence-corrected chi connectivity index (χ0v) is 12.0. The molecular weight excluding hydrogens is 236 g/mol. The monoisotopic (exact) mass is 262 g/mol. The molecule has 106 valence electrons. The molecule has 1 fully saturated rings. The first kappa shape index (κ1) is 14.1. The van der Waals surface area contributed by atoms with E-state index in [2.05, 4.69) is 27.5 Å². The highest BCUT2D eigenvalue weighted by Gasteiger charge is 2.13. The normalized spacial score (nSPS) is 16.3. The smallest absolute Gasteiger partial charge is 0.224 e. The molecule has 0 unspecified atom stereocenters. The molecule has 4 nitrogen and oxygen atoms in total. The Labute approximate surface area is 116 Å². The Kier molecular flexibility index (Phi) is 5.92. The average molecular weight is 262 g/mol. The minimum atomic E-state index is 0.559. The minimum absolute atomic E-state index is 0.559. The van der Waals surface area contributed by atoms with Gasteiger partial charge in [0.2, 0.25) is 5.95 Å². The van der Waals surface area contributed by atoms with Crippen molar-refractivity contribution in [2.75, 3.05) is 17.2 Å². The molecule has 0 saturated heterocycles. The maximum Gasteiger partial charge on any atom is 0.224 e. The fourth-order valence-electron chi connectivity index (χ4n) is 2.55. The maximum absolute atomic E-state index is 4.53. The van der Waals surface area contributed by atoms with Crippen LogP contribution in [0.5, 0.6) is 0 Å². The predicted molar refractivity (Wildman–Crippen MR) is 80.5 cm³/mol. The Morgan fingerprint density at radius 1 is 1.21 bits per heavy atom. The van der Waals surface area contributed by atoms with Crippen molar-refractivity contribution in [1.29, 1.82) is 0 Å². The summed E-state index contributed by atoms with van der Waals surface area (Å²) in [6, 6.07) is 2.50. The molecule has 19 heavy (non-hydrogen) atoms. The summed E-state index contributed by atoms with van der Waals surface area (Å²) in [6.07, 6.45) is 12.1. The highest BCUT2D eigenvalue weighted by molar-refractivity contribution is 5.39. The van der Waals surface area contributed by atoms with Gasteiger partial charge >= 0.3 is 0 Å². The van der Waals surface area contributed by atoms with Crippen LogP contribution in [0.25, 0.3) is 0 Å². The fraction of sp³-hybridized carbons (Fsp3) is 0.733. The zero-order chi connectivity index (χ0) is 13.3. The van der Waals surface area contributed by atoms with E-state index in [4.69, 9.17) is 0 Å². The Morgan fingerprint density at radius 2 is 2.05 bits per heavy atom. The van der Waals surface area contributed by atoms with Crippen LogP contribution in [0.15, 0.2) is 12.3 Å². The summed E-state index contributed by atoms with van der Waals surface area (Å²) >= 11 is 0. The lowest BCUT2D eigenvalue weighted by atomic mass is 9.96. The van der Waals surface area contributed by atoms with Crippen LogP contribution >= 0.6 is 0 Å². The van der Waals surface area contributed by atoms with E-state index < -0.39 is 0 Å². The van der Waals surface area contributed by atoms with E-state index in [1.165, 1.54) is 51.4 Å². The van der Waals surface area contributed by atoms with Crippen molar-refractivity contribution in [2.45, 2.75) is 64.3 Å². The minimum Gasteiger partial charge on any atom is -0.370 e. The van der Waals surface area contributed by atoms with Crippen molar-refractivity contribution >= 4 is 11.8 Å². The van der Waals surface area contributed by atoms with Crippen LogP contribution in [0.4, 0.5) is 11.8 Å². The number of aromatic nitrogens is 2. The lowest BCUT2D eigenvalue weighted by Crippen LogP contribution is -2.23. The van der Waals surface area contributed by atoms with Gasteiger partial charge in [-0.05, 0) is 25.3 Å². The number of hydrogen-bond donors (Lipinski definition) is 2. The molecule has 1 aromatic rings. The van der Waals surface area contributed by atoms with Crippen molar-refractivity contribution in [2.24, 2.45) is 0 Å². The molecule has 0 amide bonds. The van der Waals surface area contributed by atoms with E-state index >= 15 is 0 Å². The van der Waals surface area contributed by atoms with Gasteiger partial charge in [0.25, 0.3) is 0 Å². The fourth-order valence-corrected chi connectivity index (χ4v) is 2.55. The van der Waals surface area contributed by atoms with Gasteiger partial charge in [0.05, 0.1) is 0 Å². The number of anilines is 2. The average Bonchev–Trinajstić information content (AvgIpc) is 2.45. The van der Waals surface area contributed by atoms with Crippen LogP contribution in [-0.2, 0) is 0 Å². The second-order valence-corrected chi connectivity index (χ2v) is 5.38. The SMILES string of the molecule is CCCCCNc1ccnc(NC2CCCCC2)n1. The van der Waals surface area contributed by atoms with Gasteiger partial charge in [-0.25, -0.2) is 4.98 Å². The Balaban J connectivity index is 1.80. The van der Waals surface area contributed by atoms with Gasteiger partial charge in [0.15, 0.2) is 0 Å². The largest absolute Gasteiger partial charge is 0.370 e. The maximum atomic E-state index is 4.53. The number of nitrogens with zero attached hydrogens (tertiary/aromatic N) is 2. The van der Waals surface area contributed by atoms with E-state index in [0.717, 1.165) is 18.3 Å². The Hall–Kier alpha value is -1.32. The summed E-state index contributed by atoms with van der Waals surface area (Å²) in [5.74, 6) is 1.71. The first-order valence-corrected chi connectivity index (χ1v) is 7.72. The van der Waals surface area contributed by atoms with Crippen LogP contribution in [-0.4, -0.2) is 22.6 Å². The Bertz CT molecular complexity index is 361. The van der Waals surface area contributed by atoms with Crippen LogP contribution in [0, 0.1) is 0 Å². The molecule has 0 bridgehead atoms. The molecule has 0 aliphatic heterocycles. The highest BCUT2D eigenvalue weighted by Crippen LogP contribution is 2.20. The van der Waals surface area contributed by atoms with E-state index in [1.54, 1.807) is 0 Å². The molecule has 2 rings (SSSR count). The second kappa shape index (κ2) is 7.97. The summed E-state index contributed by atoms with van der Waals surface area (Å²) in [5.41, 5.74) is 0. The molecule has 4 heteroatoms. The molecule has 2 N–H and O–H groups in total. The molecule has 1 saturated carbocycles. The van der Waals surface area contributed by atoms with E-state index in [0.29, 0.717) is 6.04 Å². The van der Waals surface area contributed by atoms with Crippen LogP contribution in [0.1, 0.15) is 58.3 Å². The zero-order valence-electron chi connectivity index (χ0n) is 12.0. The van der Waals surface area contributed by atoms with Crippen molar-refractivity contribution in [3.63, 3.8) is 0 Å². The van der Waals surface area contributed by atoms with E-state index in [9.17, 15) is 0 Å². The van der Waals surface area contributed by atoms with Gasteiger partial charge in [-0.3, -0.25) is 0 Å². The molecule has 1 aliphatic rings. The summed E-state index contributed by atoms with van der Waals surface area (Å²) in [4.78, 5) is 8.85. The lowest BCUT2D eigenvalue weighted by Gasteiger charge is -2.22. The second-order valence-electron chi connectivity index (χ2n) is 5.38. The Morgan fingerprint density at radius 3 is 2.84 bits per heavy atom. The van der Waals surface area contributed by atoms with Gasteiger partial charge in [-0.1, -0.05) is 39.0 Å². The lowest BCUT2D eigenvalue weighted by molar-refractivity contribution is 0.461. The van der Waals surface area contributed by atoms with Crippen molar-refractivity contribution in [3.8, 4) is 0 Å². The molecule has 0 radical (unpaired) electrons. The van der Waals surface area contributed by atoms with Crippen molar-refractivity contribution in [1.82, 2.24) is 9.97 Å². The molecule has 1 heterocycles. The van der Waals surface area contributed by atoms with Crippen molar-refractivity contribution < 1.29 is 0 Å². The van der Waals surface area contributed by atoms with Gasteiger partial charge in [0.1, 0.15) is 5.82 Å². The first-order chi connectivity index (χ1) is 9.38. The van der Waals surface area contributed by atoms with Gasteiger partial charge in [-0.2, -0.15) is 4.98 Å². The van der Waals surface area contributed by atoms with Gasteiger partial charge in [0, 0.05) is 18.8 Å². The topological polar surface area (TPSA) is 49.8 Å². The number of unbranched alkanes of at least 4 members (excludes halogenated alkanes) is 2. The van der Waals surface area contributed by atoms with Gasteiger partial charge in [-0.15, -0.1) is 0 Å². The molecule has 0 spiro atoms. The third kappa shape index (κ3) is 5.05. The van der Waals surface area contributed by atoms with Crippen LogP contribution in [0.2, 0.25) is 0 Å². The quantitative estimate of drug-likeness (QED) is 0.733.